The molecule has 0 aromatic heterocycles. The summed E-state index contributed by atoms with van der Waals surface area (Å²) < 4.78 is 13.1. The first-order valence-electron chi connectivity index (χ1n) is 11.4. The van der Waals surface area contributed by atoms with Crippen LogP contribution in [0.5, 0.6) is 0 Å². The average molecular weight is 641 g/mol. The smallest absolute Gasteiger partial charge is 1.00 e. The molecule has 0 N–H and O–H groups in total. The molecule has 2 atom stereocenters. The van der Waals surface area contributed by atoms with Crippen molar-refractivity contribution >= 4 is 11.8 Å². The number of ether oxygens (including phenoxy) is 2. The largest absolute Gasteiger partial charge is 2.00 e. The Bertz CT molecular complexity index is 560. The maximum Gasteiger partial charge on any atom is 2.00 e. The molecule has 0 amide bonds. The van der Waals surface area contributed by atoms with Crippen LogP contribution in [0.1, 0.15) is 98.3 Å². The van der Waals surface area contributed by atoms with Gasteiger partial charge in [0, 0.05) is 0 Å². The van der Waals surface area contributed by atoms with Crippen molar-refractivity contribution in [3.05, 3.63) is 0 Å². The predicted molar refractivity (Wildman–Crippen MR) is 111 cm³/mol. The maximum atomic E-state index is 6.54. The van der Waals surface area contributed by atoms with E-state index >= 15 is 0 Å². The fraction of sp³-hybridized carbons (Fsp3) is 0.913. The molecular weight excluding hydrogens is 602 g/mol. The third-order valence-corrected chi connectivity index (χ3v) is 7.05. The van der Waals surface area contributed by atoms with Gasteiger partial charge in [0.1, 0.15) is 11.2 Å². The third kappa shape index (κ3) is 5.92. The molecule has 2 aliphatic heterocycles. The number of aliphatic imine (C=N–C) groups is 2. The molecule has 0 aromatic rings. The molecule has 0 radical (unpaired) electrons. The first-order valence-corrected chi connectivity index (χ1v) is 11.4. The molecule has 2 saturated carbocycles. The predicted octanol–water partition coefficient (Wildman–Crippen LogP) is -0.306. The van der Waals surface area contributed by atoms with E-state index in [1.54, 1.807) is 0 Å². The summed E-state index contributed by atoms with van der Waals surface area (Å²) in [6.45, 7) is 9.17. The summed E-state index contributed by atoms with van der Waals surface area (Å²) in [6, 6.07) is 0.646. The monoisotopic (exact) mass is 638 g/mol. The zero-order valence-corrected chi connectivity index (χ0v) is 23.6. The standard InChI is InChI=1S/C23H38N2O2.2BrH.Pd/c1-16(2)13-18-22(9-5-6-10-22)26-20(24-18)15-21-25-19(14-17(3)4)23(27-21)11-7-8-12-23;;;/h16-19H,5-15H2,1-4H3;2*1H;/q;;;+2/p-2/t18-,19-;;;/m1.../s1. The van der Waals surface area contributed by atoms with Gasteiger partial charge in [0.05, 0.1) is 18.5 Å². The Kier molecular flexibility index (Phi) is 11.1. The second-order valence-corrected chi connectivity index (χ2v) is 10.3. The van der Waals surface area contributed by atoms with Crippen LogP contribution in [0.25, 0.3) is 0 Å². The molecule has 0 saturated heterocycles. The molecule has 7 heteroatoms. The number of halogens is 2. The number of nitrogens with zero attached hydrogens (tertiary/aromatic N) is 2. The van der Waals surface area contributed by atoms with Gasteiger partial charge in [-0.15, -0.1) is 0 Å². The van der Waals surface area contributed by atoms with Crippen molar-refractivity contribution in [2.75, 3.05) is 0 Å². The third-order valence-electron chi connectivity index (χ3n) is 7.05. The van der Waals surface area contributed by atoms with Crippen LogP contribution in [0.2, 0.25) is 0 Å². The van der Waals surface area contributed by atoms with Gasteiger partial charge in [-0.3, -0.25) is 0 Å². The number of hydrogen-bond donors (Lipinski definition) is 0. The van der Waals surface area contributed by atoms with E-state index < -0.39 is 0 Å². The second-order valence-electron chi connectivity index (χ2n) is 10.3. The van der Waals surface area contributed by atoms with Gasteiger partial charge in [0.2, 0.25) is 0 Å². The van der Waals surface area contributed by atoms with Gasteiger partial charge >= 0.3 is 20.4 Å². The van der Waals surface area contributed by atoms with Crippen molar-refractivity contribution in [2.45, 2.75) is 122 Å². The van der Waals surface area contributed by atoms with E-state index in [2.05, 4.69) is 27.7 Å². The van der Waals surface area contributed by atoms with Gasteiger partial charge in [-0.25, -0.2) is 9.98 Å². The molecule has 2 spiro atoms. The first-order chi connectivity index (χ1) is 12.9. The summed E-state index contributed by atoms with van der Waals surface area (Å²) in [4.78, 5) is 10.1. The van der Waals surface area contributed by atoms with Crippen LogP contribution >= 0.6 is 0 Å². The summed E-state index contributed by atoms with van der Waals surface area (Å²) in [6.07, 6.45) is 12.6. The van der Waals surface area contributed by atoms with Crippen LogP contribution < -0.4 is 34.0 Å². The van der Waals surface area contributed by atoms with Crippen LogP contribution in [0, 0.1) is 11.8 Å². The summed E-state index contributed by atoms with van der Waals surface area (Å²) in [5.41, 5.74) is -0.0533. The van der Waals surface area contributed by atoms with Gasteiger partial charge in [0.15, 0.2) is 11.8 Å². The van der Waals surface area contributed by atoms with Crippen molar-refractivity contribution in [2.24, 2.45) is 21.8 Å². The van der Waals surface area contributed by atoms with E-state index in [-0.39, 0.29) is 65.6 Å². The number of rotatable bonds is 6. The van der Waals surface area contributed by atoms with Crippen LogP contribution in [-0.4, -0.2) is 35.1 Å². The molecule has 30 heavy (non-hydrogen) atoms. The maximum absolute atomic E-state index is 6.54. The minimum Gasteiger partial charge on any atom is -1.00 e. The SMILES string of the molecule is CC(C)C[C@H]1N=C(CC2=N[C@H](CC(C)C)C3(CCCC3)O2)OC12CCCC2.[Br-].[Br-].[Pd+2]. The molecule has 4 rings (SSSR count). The second kappa shape index (κ2) is 11.6. The molecular formula is C23H38Br2N2O2Pd. The van der Waals surface area contributed by atoms with Crippen LogP contribution in [-0.2, 0) is 29.9 Å². The fourth-order valence-corrected chi connectivity index (χ4v) is 5.78. The zero-order chi connectivity index (χ0) is 19.1. The molecule has 0 unspecified atom stereocenters. The molecule has 2 aliphatic carbocycles. The van der Waals surface area contributed by atoms with E-state index in [1.807, 2.05) is 0 Å². The van der Waals surface area contributed by atoms with Gasteiger partial charge in [0.25, 0.3) is 0 Å². The summed E-state index contributed by atoms with van der Waals surface area (Å²) >= 11 is 0. The molecule has 176 valence electrons. The Morgan fingerprint density at radius 2 is 1.07 bits per heavy atom. The Morgan fingerprint density at radius 1 is 0.733 bits per heavy atom. The minimum atomic E-state index is -0.0266. The average Bonchev–Trinajstić information content (AvgIpc) is 3.33. The van der Waals surface area contributed by atoms with E-state index in [9.17, 15) is 0 Å². The number of hydrogen-bond acceptors (Lipinski definition) is 4. The minimum absolute atomic E-state index is 0. The van der Waals surface area contributed by atoms with Gasteiger partial charge in [-0.1, -0.05) is 27.7 Å². The molecule has 2 fully saturated rings. The summed E-state index contributed by atoms with van der Waals surface area (Å²) in [7, 11) is 0. The van der Waals surface area contributed by atoms with Gasteiger partial charge in [-0.2, -0.15) is 0 Å². The van der Waals surface area contributed by atoms with Crippen molar-refractivity contribution in [1.82, 2.24) is 0 Å². The van der Waals surface area contributed by atoms with E-state index in [0.29, 0.717) is 30.3 Å². The Morgan fingerprint density at radius 3 is 1.37 bits per heavy atom. The van der Waals surface area contributed by atoms with Crippen molar-refractivity contribution in [3.63, 3.8) is 0 Å². The van der Waals surface area contributed by atoms with Crippen LogP contribution in [0.4, 0.5) is 0 Å². The van der Waals surface area contributed by atoms with E-state index in [1.165, 1.54) is 25.7 Å². The Balaban J connectivity index is 0.00000150. The van der Waals surface area contributed by atoms with E-state index in [0.717, 1.165) is 50.3 Å². The fourth-order valence-electron chi connectivity index (χ4n) is 5.78. The Labute approximate surface area is 218 Å². The van der Waals surface area contributed by atoms with Gasteiger partial charge in [-0.05, 0) is 76.0 Å². The van der Waals surface area contributed by atoms with Crippen LogP contribution in [0.15, 0.2) is 9.98 Å². The molecule has 0 aromatic carbocycles. The van der Waals surface area contributed by atoms with E-state index in [4.69, 9.17) is 19.5 Å². The van der Waals surface area contributed by atoms with Gasteiger partial charge < -0.3 is 43.4 Å². The van der Waals surface area contributed by atoms with Crippen molar-refractivity contribution in [1.29, 1.82) is 0 Å². The summed E-state index contributed by atoms with van der Waals surface area (Å²) in [5.74, 6) is 3.08. The molecule has 4 aliphatic rings. The molecule has 4 nitrogen and oxygen atoms in total. The topological polar surface area (TPSA) is 43.2 Å². The zero-order valence-electron chi connectivity index (χ0n) is 18.9. The first kappa shape index (κ1) is 28.6. The van der Waals surface area contributed by atoms with Crippen molar-refractivity contribution in [3.8, 4) is 0 Å². The molecule has 2 heterocycles. The van der Waals surface area contributed by atoms with Crippen LogP contribution in [0.3, 0.4) is 0 Å². The molecule has 0 bridgehead atoms. The normalized spacial score (nSPS) is 27.9. The Hall–Kier alpha value is 0.562. The summed E-state index contributed by atoms with van der Waals surface area (Å²) in [5, 5.41) is 0. The quantitative estimate of drug-likeness (QED) is 0.375. The van der Waals surface area contributed by atoms with Crippen molar-refractivity contribution < 1.29 is 63.9 Å².